The summed E-state index contributed by atoms with van der Waals surface area (Å²) in [5, 5.41) is 5.06. The van der Waals surface area contributed by atoms with Crippen molar-refractivity contribution in [2.24, 2.45) is 0 Å². The van der Waals surface area contributed by atoms with Gasteiger partial charge in [-0.05, 0) is 42.0 Å². The Bertz CT molecular complexity index is 691. The molecule has 9 heteroatoms. The molecule has 2 rings (SSSR count). The molecule has 1 aromatic heterocycles. The minimum atomic E-state index is -4.81. The minimum absolute atomic E-state index is 0.282. The van der Waals surface area contributed by atoms with Crippen LogP contribution < -0.4 is 10.6 Å². The average molecular weight is 343 g/mol. The highest BCUT2D eigenvalue weighted by molar-refractivity contribution is 7.86. The molecular formula is C14H12F3N3O2S. The van der Waals surface area contributed by atoms with Crippen LogP contribution in [0.3, 0.4) is 0 Å². The molecule has 0 bridgehead atoms. The van der Waals surface area contributed by atoms with Gasteiger partial charge in [0, 0.05) is 29.5 Å². The SMILES string of the molecule is O=C(NCc1ccncc1)Nc1ccc(S(=O)C(F)(F)F)cc1. The van der Waals surface area contributed by atoms with Crippen molar-refractivity contribution in [2.45, 2.75) is 16.9 Å². The third kappa shape index (κ3) is 5.06. The highest BCUT2D eigenvalue weighted by Crippen LogP contribution is 2.26. The van der Waals surface area contributed by atoms with Gasteiger partial charge in [0.15, 0.2) is 10.8 Å². The quantitative estimate of drug-likeness (QED) is 0.896. The first-order chi connectivity index (χ1) is 10.9. The summed E-state index contributed by atoms with van der Waals surface area (Å²) in [7, 11) is -3.08. The smallest absolute Gasteiger partial charge is 0.334 e. The first-order valence-corrected chi connectivity index (χ1v) is 7.53. The van der Waals surface area contributed by atoms with Gasteiger partial charge in [0.2, 0.25) is 0 Å². The number of anilines is 1. The van der Waals surface area contributed by atoms with Gasteiger partial charge in [-0.3, -0.25) is 4.98 Å². The van der Waals surface area contributed by atoms with Crippen molar-refractivity contribution in [3.63, 3.8) is 0 Å². The van der Waals surface area contributed by atoms with Crippen molar-refractivity contribution < 1.29 is 22.2 Å². The van der Waals surface area contributed by atoms with Crippen LogP contribution in [0.15, 0.2) is 53.7 Å². The maximum absolute atomic E-state index is 12.3. The van der Waals surface area contributed by atoms with E-state index < -0.39 is 22.3 Å². The molecule has 1 atom stereocenters. The molecule has 0 aliphatic carbocycles. The third-order valence-electron chi connectivity index (χ3n) is 2.74. The summed E-state index contributed by atoms with van der Waals surface area (Å²) in [6.07, 6.45) is 3.18. The van der Waals surface area contributed by atoms with Crippen LogP contribution in [0.4, 0.5) is 23.7 Å². The number of carbonyl (C=O) groups excluding carboxylic acids is 1. The summed E-state index contributed by atoms with van der Waals surface area (Å²) in [4.78, 5) is 15.2. The zero-order valence-corrected chi connectivity index (χ0v) is 12.4. The molecule has 0 spiro atoms. The first kappa shape index (κ1) is 16.9. The van der Waals surface area contributed by atoms with Crippen molar-refractivity contribution in [2.75, 3.05) is 5.32 Å². The number of hydrogen-bond acceptors (Lipinski definition) is 3. The molecule has 23 heavy (non-hydrogen) atoms. The molecule has 0 aliphatic rings. The second-order valence-corrected chi connectivity index (χ2v) is 5.87. The van der Waals surface area contributed by atoms with Crippen molar-refractivity contribution in [3.8, 4) is 0 Å². The van der Waals surface area contributed by atoms with E-state index in [9.17, 15) is 22.2 Å². The molecule has 1 heterocycles. The molecule has 122 valence electrons. The summed E-state index contributed by atoms with van der Waals surface area (Å²) in [5.74, 6) is 0. The van der Waals surface area contributed by atoms with Gasteiger partial charge < -0.3 is 10.6 Å². The molecule has 1 unspecified atom stereocenters. The lowest BCUT2D eigenvalue weighted by atomic mass is 10.3. The van der Waals surface area contributed by atoms with E-state index in [1.165, 1.54) is 12.1 Å². The Morgan fingerprint density at radius 1 is 1.09 bits per heavy atom. The average Bonchev–Trinajstić information content (AvgIpc) is 2.53. The molecule has 2 aromatic rings. The Balaban J connectivity index is 1.90. The molecule has 0 aliphatic heterocycles. The zero-order chi connectivity index (χ0) is 16.9. The number of benzene rings is 1. The van der Waals surface area contributed by atoms with E-state index in [2.05, 4.69) is 15.6 Å². The van der Waals surface area contributed by atoms with Crippen LogP contribution in [-0.4, -0.2) is 20.7 Å². The number of nitrogens with zero attached hydrogens (tertiary/aromatic N) is 1. The molecule has 2 amide bonds. The van der Waals surface area contributed by atoms with Gasteiger partial charge in [-0.1, -0.05) is 0 Å². The number of aromatic nitrogens is 1. The molecule has 0 saturated carbocycles. The van der Waals surface area contributed by atoms with Crippen LogP contribution in [0.2, 0.25) is 0 Å². The largest absolute Gasteiger partial charge is 0.475 e. The number of alkyl halides is 3. The molecule has 2 N–H and O–H groups in total. The predicted molar refractivity (Wildman–Crippen MR) is 79.0 cm³/mol. The van der Waals surface area contributed by atoms with Crippen LogP contribution in [0.25, 0.3) is 0 Å². The lowest BCUT2D eigenvalue weighted by Gasteiger charge is -2.09. The van der Waals surface area contributed by atoms with Crippen LogP contribution in [0.1, 0.15) is 5.56 Å². The van der Waals surface area contributed by atoms with E-state index in [0.29, 0.717) is 5.69 Å². The highest BCUT2D eigenvalue weighted by atomic mass is 32.2. The van der Waals surface area contributed by atoms with Crippen molar-refractivity contribution in [1.29, 1.82) is 0 Å². The molecule has 0 saturated heterocycles. The number of amides is 2. The second kappa shape index (κ2) is 7.23. The molecule has 1 aromatic carbocycles. The summed E-state index contributed by atoms with van der Waals surface area (Å²) in [6, 6.07) is 7.59. The summed E-state index contributed by atoms with van der Waals surface area (Å²) in [6.45, 7) is 0.282. The van der Waals surface area contributed by atoms with Gasteiger partial charge in [0.1, 0.15) is 0 Å². The topological polar surface area (TPSA) is 71.1 Å². The lowest BCUT2D eigenvalue weighted by Crippen LogP contribution is -2.28. The van der Waals surface area contributed by atoms with Gasteiger partial charge in [-0.2, -0.15) is 13.2 Å². The Morgan fingerprint density at radius 3 is 2.26 bits per heavy atom. The number of halogens is 3. The Hall–Kier alpha value is -2.42. The van der Waals surface area contributed by atoms with E-state index in [1.807, 2.05) is 0 Å². The highest BCUT2D eigenvalue weighted by Gasteiger charge is 2.37. The van der Waals surface area contributed by atoms with E-state index in [0.717, 1.165) is 17.7 Å². The normalized spacial score (nSPS) is 12.5. The van der Waals surface area contributed by atoms with Crippen LogP contribution in [0.5, 0.6) is 0 Å². The van der Waals surface area contributed by atoms with Crippen LogP contribution in [-0.2, 0) is 17.3 Å². The predicted octanol–water partition coefficient (Wildman–Crippen LogP) is 3.03. The van der Waals surface area contributed by atoms with E-state index in [4.69, 9.17) is 0 Å². The van der Waals surface area contributed by atoms with Gasteiger partial charge in [0.05, 0.1) is 0 Å². The van der Waals surface area contributed by atoms with Crippen LogP contribution in [0, 0.1) is 0 Å². The Morgan fingerprint density at radius 2 is 1.70 bits per heavy atom. The van der Waals surface area contributed by atoms with Gasteiger partial charge in [-0.15, -0.1) is 0 Å². The lowest BCUT2D eigenvalue weighted by molar-refractivity contribution is -0.0384. The maximum atomic E-state index is 12.3. The number of urea groups is 1. The van der Waals surface area contributed by atoms with E-state index in [-0.39, 0.29) is 11.4 Å². The van der Waals surface area contributed by atoms with Gasteiger partial charge >= 0.3 is 11.5 Å². The number of pyridine rings is 1. The number of hydrogen-bond donors (Lipinski definition) is 2. The standard InChI is InChI=1S/C14H12F3N3O2S/c15-14(16,17)23(22)12-3-1-11(2-4-12)20-13(21)19-9-10-5-7-18-8-6-10/h1-8H,9H2,(H2,19,20,21). The Labute approximate surface area is 132 Å². The first-order valence-electron chi connectivity index (χ1n) is 6.38. The van der Waals surface area contributed by atoms with Crippen molar-refractivity contribution in [1.82, 2.24) is 10.3 Å². The fourth-order valence-electron chi connectivity index (χ4n) is 1.65. The van der Waals surface area contributed by atoms with Gasteiger partial charge in [-0.25, -0.2) is 9.00 Å². The number of nitrogens with one attached hydrogen (secondary N) is 2. The molecular weight excluding hydrogens is 331 g/mol. The fraction of sp³-hybridized carbons (Fsp3) is 0.143. The minimum Gasteiger partial charge on any atom is -0.334 e. The summed E-state index contributed by atoms with van der Waals surface area (Å²) >= 11 is 0. The Kier molecular flexibility index (Phi) is 5.32. The van der Waals surface area contributed by atoms with E-state index >= 15 is 0 Å². The second-order valence-electron chi connectivity index (χ2n) is 4.40. The summed E-state index contributed by atoms with van der Waals surface area (Å²) in [5.41, 5.74) is -3.66. The van der Waals surface area contributed by atoms with Gasteiger partial charge in [0.25, 0.3) is 0 Å². The molecule has 5 nitrogen and oxygen atoms in total. The monoisotopic (exact) mass is 343 g/mol. The third-order valence-corrected chi connectivity index (χ3v) is 3.86. The summed E-state index contributed by atoms with van der Waals surface area (Å²) < 4.78 is 48.1. The maximum Gasteiger partial charge on any atom is 0.475 e. The van der Waals surface area contributed by atoms with E-state index in [1.54, 1.807) is 24.5 Å². The number of rotatable bonds is 4. The number of carbonyl (C=O) groups is 1. The van der Waals surface area contributed by atoms with Crippen LogP contribution >= 0.6 is 0 Å². The molecule has 0 fully saturated rings. The fourth-order valence-corrected chi connectivity index (χ4v) is 2.30. The van der Waals surface area contributed by atoms with Crippen molar-refractivity contribution in [3.05, 3.63) is 54.4 Å². The zero-order valence-electron chi connectivity index (χ0n) is 11.6. The van der Waals surface area contributed by atoms with Crippen molar-refractivity contribution >= 4 is 22.5 Å². The molecule has 0 radical (unpaired) electrons.